The molecule has 0 bridgehead atoms. The molecule has 2 aromatic carbocycles. The Balaban J connectivity index is 2.47. The van der Waals surface area contributed by atoms with Gasteiger partial charge >= 0.3 is 0 Å². The van der Waals surface area contributed by atoms with Crippen molar-refractivity contribution in [3.05, 3.63) is 64.9 Å². The molecule has 0 heterocycles. The van der Waals surface area contributed by atoms with Crippen LogP contribution in [-0.2, 0) is 9.84 Å². The molecule has 0 aliphatic heterocycles. The number of quaternary nitrogens is 1. The number of hydrogen-bond acceptors (Lipinski definition) is 2. The van der Waals surface area contributed by atoms with Crippen LogP contribution in [0.15, 0.2) is 53.4 Å². The van der Waals surface area contributed by atoms with E-state index < -0.39 is 20.9 Å². The molecule has 20 heavy (non-hydrogen) atoms. The molecule has 0 saturated heterocycles. The van der Waals surface area contributed by atoms with Crippen molar-refractivity contribution < 1.29 is 18.5 Å². The third kappa shape index (κ3) is 3.00. The van der Waals surface area contributed by atoms with Gasteiger partial charge in [0, 0.05) is 5.02 Å². The van der Waals surface area contributed by atoms with E-state index in [0.717, 1.165) is 0 Å². The van der Waals surface area contributed by atoms with Crippen LogP contribution in [0, 0.1) is 5.82 Å². The van der Waals surface area contributed by atoms with E-state index in [2.05, 4.69) is 5.73 Å². The van der Waals surface area contributed by atoms with Crippen molar-refractivity contribution >= 4 is 21.4 Å². The van der Waals surface area contributed by atoms with Gasteiger partial charge in [-0.1, -0.05) is 23.7 Å². The molecular weight excluding hydrogens is 301 g/mol. The molecule has 0 aliphatic carbocycles. The van der Waals surface area contributed by atoms with Gasteiger partial charge in [-0.15, -0.1) is 0 Å². The Morgan fingerprint density at radius 1 is 1.15 bits per heavy atom. The summed E-state index contributed by atoms with van der Waals surface area (Å²) in [6, 6.07) is 11.5. The number of benzene rings is 2. The summed E-state index contributed by atoms with van der Waals surface area (Å²) in [6.07, 6.45) is 0. The predicted molar refractivity (Wildman–Crippen MR) is 75.5 cm³/mol. The lowest BCUT2D eigenvalue weighted by Crippen LogP contribution is -2.54. The Kier molecular flexibility index (Phi) is 4.42. The minimum atomic E-state index is -3.63. The minimum Gasteiger partial charge on any atom is -0.356 e. The molecule has 0 aromatic heterocycles. The van der Waals surface area contributed by atoms with Gasteiger partial charge in [-0.25, -0.2) is 12.8 Å². The van der Waals surface area contributed by atoms with E-state index in [0.29, 0.717) is 10.6 Å². The second-order valence-corrected chi connectivity index (χ2v) is 6.90. The highest BCUT2D eigenvalue weighted by atomic mass is 35.5. The van der Waals surface area contributed by atoms with Crippen LogP contribution in [0.4, 0.5) is 4.39 Å². The van der Waals surface area contributed by atoms with E-state index >= 15 is 0 Å². The summed E-state index contributed by atoms with van der Waals surface area (Å²) >= 11 is 5.76. The quantitative estimate of drug-likeness (QED) is 0.940. The highest BCUT2D eigenvalue weighted by molar-refractivity contribution is 7.91. The normalized spacial score (nSPS) is 13.2. The standard InChI is InChI=1S/C14H13ClFNO2S/c15-11-4-6-13(7-5-11)20(18,19)14(9-17)10-2-1-3-12(16)8-10/h1-8,14H,9,17H2/p+1/t14-/m0/s1. The summed E-state index contributed by atoms with van der Waals surface area (Å²) in [5, 5.41) is -0.416. The van der Waals surface area contributed by atoms with Gasteiger partial charge in [0.2, 0.25) is 0 Å². The maximum absolute atomic E-state index is 13.3. The molecular formula is C14H14ClFNO2S+. The first-order chi connectivity index (χ1) is 9.45. The summed E-state index contributed by atoms with van der Waals surface area (Å²) in [5.41, 5.74) is 4.07. The van der Waals surface area contributed by atoms with E-state index in [9.17, 15) is 12.8 Å². The molecule has 2 rings (SSSR count). The average Bonchev–Trinajstić information content (AvgIpc) is 2.40. The zero-order chi connectivity index (χ0) is 14.8. The fourth-order valence-electron chi connectivity index (χ4n) is 2.00. The molecule has 0 aliphatic rings. The van der Waals surface area contributed by atoms with E-state index in [1.807, 2.05) is 0 Å². The lowest BCUT2D eigenvalue weighted by molar-refractivity contribution is -0.367. The van der Waals surface area contributed by atoms with Gasteiger partial charge in [0.05, 0.1) is 11.4 Å². The van der Waals surface area contributed by atoms with Gasteiger partial charge in [0.15, 0.2) is 9.84 Å². The second-order valence-electron chi connectivity index (χ2n) is 4.33. The first-order valence-electron chi connectivity index (χ1n) is 5.99. The fraction of sp³-hybridized carbons (Fsp3) is 0.143. The zero-order valence-corrected chi connectivity index (χ0v) is 12.2. The summed E-state index contributed by atoms with van der Waals surface area (Å²) in [6.45, 7) is 0.119. The van der Waals surface area contributed by atoms with Crippen LogP contribution in [0.2, 0.25) is 5.02 Å². The molecule has 0 unspecified atom stereocenters. The summed E-state index contributed by atoms with van der Waals surface area (Å²) < 4.78 is 38.4. The predicted octanol–water partition coefficient (Wildman–Crippen LogP) is 2.24. The van der Waals surface area contributed by atoms with Crippen molar-refractivity contribution in [2.24, 2.45) is 0 Å². The molecule has 2 aromatic rings. The van der Waals surface area contributed by atoms with Gasteiger partial charge in [-0.2, -0.15) is 0 Å². The van der Waals surface area contributed by atoms with Crippen molar-refractivity contribution in [2.45, 2.75) is 10.1 Å². The maximum Gasteiger partial charge on any atom is 0.190 e. The van der Waals surface area contributed by atoms with E-state index in [1.165, 1.54) is 42.5 Å². The van der Waals surface area contributed by atoms with E-state index in [4.69, 9.17) is 11.6 Å². The highest BCUT2D eigenvalue weighted by Crippen LogP contribution is 2.28. The lowest BCUT2D eigenvalue weighted by Gasteiger charge is -2.15. The summed E-state index contributed by atoms with van der Waals surface area (Å²) in [7, 11) is -3.63. The van der Waals surface area contributed by atoms with Crippen LogP contribution in [0.25, 0.3) is 0 Å². The highest BCUT2D eigenvalue weighted by Gasteiger charge is 2.29. The van der Waals surface area contributed by atoms with Crippen molar-refractivity contribution in [3.63, 3.8) is 0 Å². The van der Waals surface area contributed by atoms with Gasteiger partial charge < -0.3 is 5.73 Å². The lowest BCUT2D eigenvalue weighted by atomic mass is 10.1. The largest absolute Gasteiger partial charge is 0.356 e. The molecule has 6 heteroatoms. The number of sulfone groups is 1. The van der Waals surface area contributed by atoms with Crippen LogP contribution < -0.4 is 5.73 Å². The third-order valence-electron chi connectivity index (χ3n) is 3.00. The minimum absolute atomic E-state index is 0.119. The monoisotopic (exact) mass is 314 g/mol. The van der Waals surface area contributed by atoms with Crippen LogP contribution >= 0.6 is 11.6 Å². The van der Waals surface area contributed by atoms with Gasteiger partial charge in [-0.05, 0) is 42.0 Å². The Hall–Kier alpha value is -1.43. The van der Waals surface area contributed by atoms with Crippen molar-refractivity contribution in [1.29, 1.82) is 0 Å². The molecule has 0 radical (unpaired) electrons. The molecule has 3 N–H and O–H groups in total. The molecule has 0 saturated carbocycles. The molecule has 106 valence electrons. The number of rotatable bonds is 4. The second kappa shape index (κ2) is 5.91. The molecule has 0 fully saturated rings. The van der Waals surface area contributed by atoms with Crippen LogP contribution in [-0.4, -0.2) is 15.0 Å². The van der Waals surface area contributed by atoms with E-state index in [1.54, 1.807) is 6.07 Å². The van der Waals surface area contributed by atoms with Crippen LogP contribution in [0.3, 0.4) is 0 Å². The Labute approximate surface area is 122 Å². The SMILES string of the molecule is [NH3+]C[C@@H](c1cccc(F)c1)S(=O)(=O)c1ccc(Cl)cc1. The molecule has 1 atom stereocenters. The average molecular weight is 315 g/mol. The van der Waals surface area contributed by atoms with Gasteiger partial charge in [0.25, 0.3) is 0 Å². The maximum atomic E-state index is 13.3. The van der Waals surface area contributed by atoms with E-state index in [-0.39, 0.29) is 11.4 Å². The number of hydrogen-bond donors (Lipinski definition) is 1. The van der Waals surface area contributed by atoms with Gasteiger partial charge in [-0.3, -0.25) is 0 Å². The first-order valence-corrected chi connectivity index (χ1v) is 7.92. The summed E-state index contributed by atoms with van der Waals surface area (Å²) in [5.74, 6) is -0.466. The van der Waals surface area contributed by atoms with Crippen molar-refractivity contribution in [1.82, 2.24) is 0 Å². The van der Waals surface area contributed by atoms with Crippen LogP contribution in [0.1, 0.15) is 10.8 Å². The molecule has 0 amide bonds. The Morgan fingerprint density at radius 3 is 2.35 bits per heavy atom. The van der Waals surface area contributed by atoms with Crippen LogP contribution in [0.5, 0.6) is 0 Å². The van der Waals surface area contributed by atoms with Gasteiger partial charge in [0.1, 0.15) is 11.1 Å². The smallest absolute Gasteiger partial charge is 0.190 e. The first kappa shape index (κ1) is 15.0. The summed E-state index contributed by atoms with van der Waals surface area (Å²) in [4.78, 5) is 0.153. The van der Waals surface area contributed by atoms with Crippen molar-refractivity contribution in [2.75, 3.05) is 6.54 Å². The zero-order valence-electron chi connectivity index (χ0n) is 10.6. The third-order valence-corrected chi connectivity index (χ3v) is 5.44. The topological polar surface area (TPSA) is 61.8 Å². The van der Waals surface area contributed by atoms with Crippen molar-refractivity contribution in [3.8, 4) is 0 Å². The molecule has 3 nitrogen and oxygen atoms in total. The molecule has 0 spiro atoms. The number of halogens is 2. The fourth-order valence-corrected chi connectivity index (χ4v) is 3.78. The Morgan fingerprint density at radius 2 is 1.80 bits per heavy atom. The Bertz CT molecular complexity index is 701.